The van der Waals surface area contributed by atoms with E-state index >= 15 is 0 Å². The summed E-state index contributed by atoms with van der Waals surface area (Å²) in [5, 5.41) is 6.68. The molecule has 1 amide bonds. The maximum Gasteiger partial charge on any atom is 0.302 e. The van der Waals surface area contributed by atoms with E-state index in [1.165, 1.54) is 6.92 Å². The van der Waals surface area contributed by atoms with Crippen molar-refractivity contribution in [3.05, 3.63) is 34.5 Å². The van der Waals surface area contributed by atoms with E-state index in [0.717, 1.165) is 5.56 Å². The second-order valence-electron chi connectivity index (χ2n) is 3.51. The third kappa shape index (κ3) is 5.31. The van der Waals surface area contributed by atoms with Gasteiger partial charge in [0.1, 0.15) is 0 Å². The van der Waals surface area contributed by atoms with Crippen LogP contribution in [0.5, 0.6) is 0 Å². The van der Waals surface area contributed by atoms with Gasteiger partial charge in [-0.3, -0.25) is 9.59 Å². The molecule has 0 aromatic carbocycles. The highest BCUT2D eigenvalue weighted by molar-refractivity contribution is 7.07. The van der Waals surface area contributed by atoms with Gasteiger partial charge in [-0.2, -0.15) is 11.3 Å². The molecule has 0 radical (unpaired) electrons. The smallest absolute Gasteiger partial charge is 0.302 e. The van der Waals surface area contributed by atoms with Gasteiger partial charge < -0.3 is 10.1 Å². The van der Waals surface area contributed by atoms with Crippen molar-refractivity contribution in [1.29, 1.82) is 0 Å². The van der Waals surface area contributed by atoms with Gasteiger partial charge in [-0.15, -0.1) is 0 Å². The topological polar surface area (TPSA) is 55.4 Å². The van der Waals surface area contributed by atoms with E-state index in [-0.39, 0.29) is 18.5 Å². The van der Waals surface area contributed by atoms with Crippen molar-refractivity contribution in [3.63, 3.8) is 0 Å². The van der Waals surface area contributed by atoms with Gasteiger partial charge >= 0.3 is 5.97 Å². The van der Waals surface area contributed by atoms with E-state index < -0.39 is 0 Å². The van der Waals surface area contributed by atoms with Crippen LogP contribution < -0.4 is 5.32 Å². The van der Waals surface area contributed by atoms with Gasteiger partial charge in [-0.25, -0.2) is 0 Å². The van der Waals surface area contributed by atoms with Crippen LogP contribution in [0.15, 0.2) is 29.0 Å². The molecule has 0 saturated heterocycles. The minimum Gasteiger partial charge on any atom is -0.466 e. The van der Waals surface area contributed by atoms with E-state index in [9.17, 15) is 9.59 Å². The number of hydrogen-bond acceptors (Lipinski definition) is 4. The second kappa shape index (κ2) is 6.85. The first-order valence-electron chi connectivity index (χ1n) is 5.20. The summed E-state index contributed by atoms with van der Waals surface area (Å²) in [6, 6.07) is 1.95. The molecule has 0 unspecified atom stereocenters. The molecule has 1 aromatic heterocycles. The third-order valence-corrected chi connectivity index (χ3v) is 2.80. The third-order valence-electron chi connectivity index (χ3n) is 2.06. The van der Waals surface area contributed by atoms with E-state index in [2.05, 4.69) is 11.9 Å². The molecule has 0 aliphatic carbocycles. The van der Waals surface area contributed by atoms with Crippen LogP contribution in [0.2, 0.25) is 0 Å². The first-order valence-corrected chi connectivity index (χ1v) is 6.14. The molecule has 0 bridgehead atoms. The predicted octanol–water partition coefficient (Wildman–Crippen LogP) is 1.87. The molecule has 1 N–H and O–H groups in total. The van der Waals surface area contributed by atoms with E-state index in [1.54, 1.807) is 11.3 Å². The molecule has 0 spiro atoms. The number of nitrogens with one attached hydrogen (secondary N) is 1. The van der Waals surface area contributed by atoms with Gasteiger partial charge in [-0.1, -0.05) is 6.58 Å². The number of ether oxygens (including phenoxy) is 1. The summed E-state index contributed by atoms with van der Waals surface area (Å²) in [5.41, 5.74) is 1.48. The molecule has 1 rings (SSSR count). The number of esters is 1. The van der Waals surface area contributed by atoms with Crippen molar-refractivity contribution in [2.24, 2.45) is 0 Å². The minimum atomic E-state index is -0.350. The quantitative estimate of drug-likeness (QED) is 0.622. The second-order valence-corrected chi connectivity index (χ2v) is 4.29. The Balaban J connectivity index is 2.22. The molecule has 5 heteroatoms. The predicted molar refractivity (Wildman–Crippen MR) is 66.6 cm³/mol. The lowest BCUT2D eigenvalue weighted by Crippen LogP contribution is -2.24. The van der Waals surface area contributed by atoms with Gasteiger partial charge in [0.15, 0.2) is 0 Å². The van der Waals surface area contributed by atoms with Gasteiger partial charge in [0.05, 0.1) is 6.61 Å². The molecule has 0 saturated carbocycles. The first-order chi connectivity index (χ1) is 8.09. The van der Waals surface area contributed by atoms with Gasteiger partial charge in [0.25, 0.3) is 0 Å². The van der Waals surface area contributed by atoms with Crippen LogP contribution in [0.4, 0.5) is 0 Å². The van der Waals surface area contributed by atoms with Crippen LogP contribution in [0.25, 0.3) is 0 Å². The van der Waals surface area contributed by atoms with Crippen molar-refractivity contribution >= 4 is 23.2 Å². The lowest BCUT2D eigenvalue weighted by atomic mass is 10.2. The van der Waals surface area contributed by atoms with Gasteiger partial charge in [-0.05, 0) is 22.4 Å². The van der Waals surface area contributed by atoms with E-state index in [4.69, 9.17) is 4.74 Å². The molecule has 0 aliphatic heterocycles. The summed E-state index contributed by atoms with van der Waals surface area (Å²) >= 11 is 1.59. The molecular weight excluding hydrogens is 238 g/mol. The molecule has 17 heavy (non-hydrogen) atoms. The maximum atomic E-state index is 11.6. The maximum absolute atomic E-state index is 11.6. The zero-order valence-electron chi connectivity index (χ0n) is 9.69. The van der Waals surface area contributed by atoms with Crippen molar-refractivity contribution < 1.29 is 14.3 Å². The van der Waals surface area contributed by atoms with Crippen LogP contribution in [0.3, 0.4) is 0 Å². The van der Waals surface area contributed by atoms with Gasteiger partial charge in [0.2, 0.25) is 5.91 Å². The average Bonchev–Trinajstić information content (AvgIpc) is 2.78. The fourth-order valence-corrected chi connectivity index (χ4v) is 1.80. The average molecular weight is 253 g/mol. The Morgan fingerprint density at radius 3 is 2.88 bits per heavy atom. The Hall–Kier alpha value is -1.62. The molecule has 1 aromatic rings. The number of carbonyl (C=O) groups is 2. The van der Waals surface area contributed by atoms with E-state index in [1.807, 2.05) is 16.8 Å². The van der Waals surface area contributed by atoms with Crippen LogP contribution in [0, 0.1) is 0 Å². The number of thiophene rings is 1. The zero-order chi connectivity index (χ0) is 12.7. The molecular formula is C12H15NO3S. The minimum absolute atomic E-state index is 0.194. The number of rotatable bonds is 6. The summed E-state index contributed by atoms with van der Waals surface area (Å²) in [6.45, 7) is 5.67. The summed E-state index contributed by atoms with van der Waals surface area (Å²) in [4.78, 5) is 22.1. The fraction of sp³-hybridized carbons (Fsp3) is 0.333. The monoisotopic (exact) mass is 253 g/mol. The first kappa shape index (κ1) is 13.4. The van der Waals surface area contributed by atoms with Crippen LogP contribution >= 0.6 is 11.3 Å². The normalized spacial score (nSPS) is 9.71. The van der Waals surface area contributed by atoms with Crippen LogP contribution in [0.1, 0.15) is 18.9 Å². The van der Waals surface area contributed by atoms with Crippen molar-refractivity contribution in [3.8, 4) is 0 Å². The Morgan fingerprint density at radius 1 is 1.53 bits per heavy atom. The zero-order valence-corrected chi connectivity index (χ0v) is 10.5. The van der Waals surface area contributed by atoms with E-state index in [0.29, 0.717) is 18.5 Å². The molecule has 0 aliphatic rings. The summed E-state index contributed by atoms with van der Waals surface area (Å²) in [6.07, 6.45) is 0.356. The highest BCUT2D eigenvalue weighted by Crippen LogP contribution is 2.06. The van der Waals surface area contributed by atoms with Gasteiger partial charge in [0, 0.05) is 25.5 Å². The lowest BCUT2D eigenvalue weighted by molar-refractivity contribution is -0.141. The molecule has 0 atom stereocenters. The van der Waals surface area contributed by atoms with Crippen LogP contribution in [-0.4, -0.2) is 18.5 Å². The SMILES string of the molecule is C=C(CCOC(C)=O)C(=O)NCc1ccsc1. The lowest BCUT2D eigenvalue weighted by Gasteiger charge is -2.06. The van der Waals surface area contributed by atoms with Crippen molar-refractivity contribution in [1.82, 2.24) is 5.32 Å². The van der Waals surface area contributed by atoms with Crippen molar-refractivity contribution in [2.45, 2.75) is 19.9 Å². The largest absolute Gasteiger partial charge is 0.466 e. The number of hydrogen-bond donors (Lipinski definition) is 1. The number of amides is 1. The summed E-state index contributed by atoms with van der Waals surface area (Å²) in [7, 11) is 0. The molecule has 4 nitrogen and oxygen atoms in total. The molecule has 0 fully saturated rings. The van der Waals surface area contributed by atoms with Crippen molar-refractivity contribution in [2.75, 3.05) is 6.61 Å². The Morgan fingerprint density at radius 2 is 2.29 bits per heavy atom. The Kier molecular flexibility index (Phi) is 5.42. The fourth-order valence-electron chi connectivity index (χ4n) is 1.13. The Bertz CT molecular complexity index is 398. The van der Waals surface area contributed by atoms with Crippen LogP contribution in [-0.2, 0) is 20.9 Å². The highest BCUT2D eigenvalue weighted by atomic mass is 32.1. The summed E-state index contributed by atoms with van der Waals surface area (Å²) in [5.74, 6) is -0.556. The molecule has 92 valence electrons. The number of carbonyl (C=O) groups excluding carboxylic acids is 2. The standard InChI is InChI=1S/C12H15NO3S/c1-9(3-5-16-10(2)14)12(15)13-7-11-4-6-17-8-11/h4,6,8H,1,3,5,7H2,2H3,(H,13,15). The highest BCUT2D eigenvalue weighted by Gasteiger charge is 2.07. The summed E-state index contributed by atoms with van der Waals surface area (Å²) < 4.78 is 4.73. The molecule has 1 heterocycles. The Labute approximate surface area is 104 Å².